The number of carbonyl (C=O) groups excluding carboxylic acids is 1. The van der Waals surface area contributed by atoms with Gasteiger partial charge in [0.25, 0.3) is 0 Å². The molecule has 1 heterocycles. The molecular weight excluding hydrogens is 354 g/mol. The molecule has 5 nitrogen and oxygen atoms in total. The van der Waals surface area contributed by atoms with Crippen molar-refractivity contribution in [1.82, 2.24) is 4.98 Å². The van der Waals surface area contributed by atoms with E-state index in [2.05, 4.69) is 4.98 Å². The fraction of sp³-hybridized carbons (Fsp3) is 0.200. The Morgan fingerprint density at radius 2 is 1.69 bits per heavy atom. The first-order chi connectivity index (χ1) is 12.4. The van der Waals surface area contributed by atoms with E-state index in [1.54, 1.807) is 50.7 Å². The lowest BCUT2D eigenvalue weighted by molar-refractivity contribution is 0.101. The van der Waals surface area contributed by atoms with Crippen LogP contribution in [0, 0.1) is 6.92 Å². The summed E-state index contributed by atoms with van der Waals surface area (Å²) in [5.74, 6) is 1.98. The first-order valence-corrected chi connectivity index (χ1v) is 8.32. The third-order valence-corrected chi connectivity index (χ3v) is 4.47. The summed E-state index contributed by atoms with van der Waals surface area (Å²) in [5, 5.41) is 1.26. The monoisotopic (exact) mass is 371 g/mol. The van der Waals surface area contributed by atoms with Gasteiger partial charge in [0.1, 0.15) is 11.5 Å². The molecule has 0 N–H and O–H groups in total. The number of hydrogen-bond donors (Lipinski definition) is 0. The third-order valence-electron chi connectivity index (χ3n) is 4.07. The maximum atomic E-state index is 12.0. The predicted molar refractivity (Wildman–Crippen MR) is 101 cm³/mol. The van der Waals surface area contributed by atoms with E-state index in [-0.39, 0.29) is 5.78 Å². The molecule has 3 rings (SSSR count). The van der Waals surface area contributed by atoms with Crippen LogP contribution >= 0.6 is 11.6 Å². The Kier molecular flexibility index (Phi) is 5.00. The van der Waals surface area contributed by atoms with Gasteiger partial charge in [0, 0.05) is 28.7 Å². The first kappa shape index (κ1) is 18.0. The van der Waals surface area contributed by atoms with E-state index in [1.807, 2.05) is 6.92 Å². The average Bonchev–Trinajstić information content (AvgIpc) is 2.63. The number of methoxy groups -OCH3 is 2. The molecular formula is C20H18ClNO4. The number of carbonyl (C=O) groups is 1. The fourth-order valence-electron chi connectivity index (χ4n) is 2.68. The smallest absolute Gasteiger partial charge is 0.163 e. The van der Waals surface area contributed by atoms with E-state index in [1.165, 1.54) is 6.92 Å². The van der Waals surface area contributed by atoms with Crippen LogP contribution < -0.4 is 14.2 Å². The number of pyridine rings is 1. The summed E-state index contributed by atoms with van der Waals surface area (Å²) < 4.78 is 16.7. The Morgan fingerprint density at radius 3 is 2.35 bits per heavy atom. The van der Waals surface area contributed by atoms with Gasteiger partial charge in [-0.05, 0) is 37.6 Å². The average molecular weight is 372 g/mol. The Bertz CT molecular complexity index is 1000. The fourth-order valence-corrected chi connectivity index (χ4v) is 2.83. The molecule has 0 saturated heterocycles. The number of ketones is 1. The van der Waals surface area contributed by atoms with Crippen LogP contribution in [0.5, 0.6) is 23.0 Å². The number of aryl methyl sites for hydroxylation is 1. The van der Waals surface area contributed by atoms with Gasteiger partial charge < -0.3 is 14.2 Å². The molecule has 3 aromatic rings. The molecule has 0 radical (unpaired) electrons. The maximum Gasteiger partial charge on any atom is 0.163 e. The zero-order valence-electron chi connectivity index (χ0n) is 14.9. The van der Waals surface area contributed by atoms with E-state index in [9.17, 15) is 4.79 Å². The molecule has 0 aliphatic rings. The van der Waals surface area contributed by atoms with Crippen molar-refractivity contribution in [2.45, 2.75) is 13.8 Å². The number of aromatic nitrogens is 1. The van der Waals surface area contributed by atoms with Crippen molar-refractivity contribution in [2.75, 3.05) is 14.2 Å². The van der Waals surface area contributed by atoms with Crippen LogP contribution in [0.2, 0.25) is 5.02 Å². The van der Waals surface area contributed by atoms with Gasteiger partial charge in [-0.15, -0.1) is 0 Å². The minimum Gasteiger partial charge on any atom is -0.493 e. The summed E-state index contributed by atoms with van der Waals surface area (Å²) in [6.07, 6.45) is 1.63. The number of nitrogens with zero attached hydrogens (tertiary/aromatic N) is 1. The molecule has 2 aromatic carbocycles. The van der Waals surface area contributed by atoms with Gasteiger partial charge in [0.15, 0.2) is 17.3 Å². The van der Waals surface area contributed by atoms with Crippen molar-refractivity contribution in [3.8, 4) is 23.0 Å². The normalized spacial score (nSPS) is 10.7. The largest absolute Gasteiger partial charge is 0.493 e. The highest BCUT2D eigenvalue weighted by molar-refractivity contribution is 6.31. The minimum absolute atomic E-state index is 0.0996. The lowest BCUT2D eigenvalue weighted by atomic mass is 10.1. The van der Waals surface area contributed by atoms with Gasteiger partial charge >= 0.3 is 0 Å². The van der Waals surface area contributed by atoms with E-state index in [4.69, 9.17) is 25.8 Å². The number of halogens is 1. The van der Waals surface area contributed by atoms with Gasteiger partial charge in [0.2, 0.25) is 0 Å². The first-order valence-electron chi connectivity index (χ1n) is 7.94. The molecule has 1 aromatic heterocycles. The van der Waals surface area contributed by atoms with Crippen LogP contribution in [0.1, 0.15) is 22.8 Å². The highest BCUT2D eigenvalue weighted by atomic mass is 35.5. The van der Waals surface area contributed by atoms with Gasteiger partial charge in [-0.25, -0.2) is 0 Å². The molecule has 0 unspecified atom stereocenters. The number of hydrogen-bond acceptors (Lipinski definition) is 5. The van der Waals surface area contributed by atoms with Crippen molar-refractivity contribution in [3.63, 3.8) is 0 Å². The van der Waals surface area contributed by atoms with E-state index in [0.717, 1.165) is 10.9 Å². The van der Waals surface area contributed by atoms with Crippen molar-refractivity contribution in [3.05, 3.63) is 52.7 Å². The van der Waals surface area contributed by atoms with Crippen molar-refractivity contribution < 1.29 is 19.0 Å². The van der Waals surface area contributed by atoms with Crippen molar-refractivity contribution in [2.24, 2.45) is 0 Å². The topological polar surface area (TPSA) is 57.7 Å². The van der Waals surface area contributed by atoms with Crippen LogP contribution in [0.15, 0.2) is 36.5 Å². The number of Topliss-reactive ketones (excluding diaryl/α,β-unsaturated/α-hetero) is 1. The Labute approximate surface area is 156 Å². The summed E-state index contributed by atoms with van der Waals surface area (Å²) in [7, 11) is 3.13. The number of ether oxygens (including phenoxy) is 3. The molecule has 0 aliphatic heterocycles. The van der Waals surface area contributed by atoms with Crippen LogP contribution in [0.3, 0.4) is 0 Å². The SMILES string of the molecule is COc1cc2nccc(Oc3cc(Cl)c(C)cc3C(C)=O)c2cc1OC. The molecule has 0 aliphatic carbocycles. The number of fused-ring (bicyclic) bond motifs is 1. The third kappa shape index (κ3) is 3.30. The van der Waals surface area contributed by atoms with E-state index < -0.39 is 0 Å². The molecule has 134 valence electrons. The zero-order chi connectivity index (χ0) is 18.8. The van der Waals surface area contributed by atoms with E-state index >= 15 is 0 Å². The van der Waals surface area contributed by atoms with Crippen LogP contribution in [0.25, 0.3) is 10.9 Å². The quantitative estimate of drug-likeness (QED) is 0.576. The van der Waals surface area contributed by atoms with Gasteiger partial charge in [-0.1, -0.05) is 11.6 Å². The second-order valence-corrected chi connectivity index (χ2v) is 6.20. The van der Waals surface area contributed by atoms with Crippen molar-refractivity contribution in [1.29, 1.82) is 0 Å². The molecule has 26 heavy (non-hydrogen) atoms. The molecule has 0 fully saturated rings. The second-order valence-electron chi connectivity index (χ2n) is 5.79. The summed E-state index contributed by atoms with van der Waals surface area (Å²) in [5.41, 5.74) is 1.97. The molecule has 0 saturated carbocycles. The standard InChI is InChI=1S/C20H18ClNO4/c1-11-7-13(12(2)23)18(9-15(11)21)26-17-5-6-22-16-10-20(25-4)19(24-3)8-14(16)17/h5-10H,1-4H3. The van der Waals surface area contributed by atoms with Gasteiger partial charge in [-0.3, -0.25) is 9.78 Å². The zero-order valence-corrected chi connectivity index (χ0v) is 15.7. The number of benzene rings is 2. The van der Waals surface area contributed by atoms with Crippen LogP contribution in [-0.2, 0) is 0 Å². The van der Waals surface area contributed by atoms with Crippen LogP contribution in [0.4, 0.5) is 0 Å². The molecule has 0 amide bonds. The summed E-state index contributed by atoms with van der Waals surface area (Å²) in [6.45, 7) is 3.34. The Balaban J connectivity index is 2.15. The summed E-state index contributed by atoms with van der Waals surface area (Å²) >= 11 is 6.22. The highest BCUT2D eigenvalue weighted by Gasteiger charge is 2.15. The molecule has 6 heteroatoms. The number of rotatable bonds is 5. The van der Waals surface area contributed by atoms with Gasteiger partial charge in [-0.2, -0.15) is 0 Å². The predicted octanol–water partition coefficient (Wildman–Crippen LogP) is 5.21. The van der Waals surface area contributed by atoms with Crippen LogP contribution in [-0.4, -0.2) is 25.0 Å². The lowest BCUT2D eigenvalue weighted by Gasteiger charge is -2.14. The second kappa shape index (κ2) is 7.22. The van der Waals surface area contributed by atoms with Crippen molar-refractivity contribution >= 4 is 28.3 Å². The van der Waals surface area contributed by atoms with Gasteiger partial charge in [0.05, 0.1) is 25.3 Å². The Hall–Kier alpha value is -2.79. The minimum atomic E-state index is -0.0996. The van der Waals surface area contributed by atoms with E-state index in [0.29, 0.717) is 39.1 Å². The summed E-state index contributed by atoms with van der Waals surface area (Å²) in [6, 6.07) is 8.67. The molecule has 0 bridgehead atoms. The summed E-state index contributed by atoms with van der Waals surface area (Å²) in [4.78, 5) is 16.3. The lowest BCUT2D eigenvalue weighted by Crippen LogP contribution is -1.99. The molecule has 0 atom stereocenters. The highest BCUT2D eigenvalue weighted by Crippen LogP contribution is 2.38. The Morgan fingerprint density at radius 1 is 1.00 bits per heavy atom. The molecule has 0 spiro atoms. The maximum absolute atomic E-state index is 12.0.